The lowest BCUT2D eigenvalue weighted by atomic mass is 9.81. The molecule has 0 heterocycles. The van der Waals surface area contributed by atoms with Gasteiger partial charge >= 0.3 is 0 Å². The van der Waals surface area contributed by atoms with Gasteiger partial charge in [0, 0.05) is 12.3 Å². The smallest absolute Gasteiger partial charge is 0.136 e. The van der Waals surface area contributed by atoms with Gasteiger partial charge in [-0.05, 0) is 37.2 Å². The van der Waals surface area contributed by atoms with Crippen LogP contribution in [0.3, 0.4) is 0 Å². The minimum absolute atomic E-state index is 0.272. The third kappa shape index (κ3) is 5.59. The van der Waals surface area contributed by atoms with Gasteiger partial charge in [-0.3, -0.25) is 4.79 Å². The number of carbonyl (C=O) groups is 1. The molecule has 1 aromatic rings. The lowest BCUT2D eigenvalue weighted by Gasteiger charge is -2.22. The largest absolute Gasteiger partial charge is 0.299 e. The molecule has 0 fully saturated rings. The molecule has 0 bridgehead atoms. The molecule has 19 heavy (non-hydrogen) atoms. The van der Waals surface area contributed by atoms with Crippen molar-refractivity contribution in [2.75, 3.05) is 0 Å². The van der Waals surface area contributed by atoms with Crippen molar-refractivity contribution >= 4 is 5.78 Å². The van der Waals surface area contributed by atoms with Crippen molar-refractivity contribution in [3.8, 4) is 0 Å². The van der Waals surface area contributed by atoms with Crippen molar-refractivity contribution in [3.63, 3.8) is 0 Å². The van der Waals surface area contributed by atoms with E-state index in [0.29, 0.717) is 11.7 Å². The second kappa shape index (κ2) is 8.90. The summed E-state index contributed by atoms with van der Waals surface area (Å²) in [6, 6.07) is 10.6. The van der Waals surface area contributed by atoms with Crippen molar-refractivity contribution in [3.05, 3.63) is 35.9 Å². The van der Waals surface area contributed by atoms with E-state index in [9.17, 15) is 4.79 Å². The molecule has 0 amide bonds. The topological polar surface area (TPSA) is 17.1 Å². The highest BCUT2D eigenvalue weighted by atomic mass is 16.1. The second-order valence-corrected chi connectivity index (χ2v) is 5.61. The fourth-order valence-corrected chi connectivity index (χ4v) is 2.75. The minimum atomic E-state index is 0.272. The van der Waals surface area contributed by atoms with Crippen molar-refractivity contribution in [1.29, 1.82) is 0 Å². The number of aryl methyl sites for hydroxylation is 1. The van der Waals surface area contributed by atoms with E-state index in [4.69, 9.17) is 0 Å². The first-order chi connectivity index (χ1) is 9.19. The summed E-state index contributed by atoms with van der Waals surface area (Å²) in [5.74, 6) is 1.25. The van der Waals surface area contributed by atoms with Gasteiger partial charge in [-0.1, -0.05) is 57.5 Å². The van der Waals surface area contributed by atoms with Crippen molar-refractivity contribution in [2.45, 2.75) is 59.3 Å². The molecule has 0 N–H and O–H groups in total. The maximum atomic E-state index is 12.2. The summed E-state index contributed by atoms with van der Waals surface area (Å²) in [5.41, 5.74) is 1.38. The zero-order valence-electron chi connectivity index (χ0n) is 12.7. The Bertz CT molecular complexity index is 355. The van der Waals surface area contributed by atoms with Crippen LogP contribution in [0.5, 0.6) is 0 Å². The third-order valence-corrected chi connectivity index (χ3v) is 3.93. The van der Waals surface area contributed by atoms with E-state index in [0.717, 1.165) is 38.5 Å². The Morgan fingerprint density at radius 2 is 1.74 bits per heavy atom. The SMILES string of the molecule is CCCC(=O)[C@H](CCC)[C@H](C)CCc1ccccc1. The first kappa shape index (κ1) is 15.9. The summed E-state index contributed by atoms with van der Waals surface area (Å²) >= 11 is 0. The Morgan fingerprint density at radius 3 is 2.32 bits per heavy atom. The molecule has 0 aromatic heterocycles. The quantitative estimate of drug-likeness (QED) is 0.608. The molecule has 0 radical (unpaired) electrons. The Morgan fingerprint density at radius 1 is 1.05 bits per heavy atom. The number of benzene rings is 1. The van der Waals surface area contributed by atoms with Crippen LogP contribution in [0, 0.1) is 11.8 Å². The summed E-state index contributed by atoms with van der Waals surface area (Å²) < 4.78 is 0. The van der Waals surface area contributed by atoms with Crippen LogP contribution in [-0.2, 0) is 11.2 Å². The number of ketones is 1. The van der Waals surface area contributed by atoms with Gasteiger partial charge in [0.05, 0.1) is 0 Å². The fraction of sp³-hybridized carbons (Fsp3) is 0.611. The average Bonchev–Trinajstić information content (AvgIpc) is 2.43. The number of carbonyl (C=O) groups excluding carboxylic acids is 1. The molecular formula is C18H28O. The zero-order valence-corrected chi connectivity index (χ0v) is 12.7. The van der Waals surface area contributed by atoms with Crippen LogP contribution in [0.15, 0.2) is 30.3 Å². The third-order valence-electron chi connectivity index (χ3n) is 3.93. The first-order valence-corrected chi connectivity index (χ1v) is 7.75. The summed E-state index contributed by atoms with van der Waals surface area (Å²) in [6.07, 6.45) is 6.08. The molecule has 1 aromatic carbocycles. The molecule has 1 nitrogen and oxygen atoms in total. The van der Waals surface area contributed by atoms with Crippen LogP contribution in [0.1, 0.15) is 58.4 Å². The summed E-state index contributed by atoms with van der Waals surface area (Å²) in [6.45, 7) is 6.52. The van der Waals surface area contributed by atoms with Gasteiger partial charge in [0.1, 0.15) is 5.78 Å². The Labute approximate surface area is 118 Å². The zero-order chi connectivity index (χ0) is 14.1. The monoisotopic (exact) mass is 260 g/mol. The highest BCUT2D eigenvalue weighted by molar-refractivity contribution is 5.81. The molecule has 0 saturated carbocycles. The molecule has 1 rings (SSSR count). The van der Waals surface area contributed by atoms with Crippen LogP contribution >= 0.6 is 0 Å². The van der Waals surface area contributed by atoms with Crippen LogP contribution in [-0.4, -0.2) is 5.78 Å². The lowest BCUT2D eigenvalue weighted by molar-refractivity contribution is -0.124. The maximum absolute atomic E-state index is 12.2. The van der Waals surface area contributed by atoms with E-state index in [2.05, 4.69) is 51.1 Å². The molecule has 1 heteroatoms. The van der Waals surface area contributed by atoms with Gasteiger partial charge in [-0.15, -0.1) is 0 Å². The fourth-order valence-electron chi connectivity index (χ4n) is 2.75. The van der Waals surface area contributed by atoms with Gasteiger partial charge in [-0.25, -0.2) is 0 Å². The highest BCUT2D eigenvalue weighted by Crippen LogP contribution is 2.25. The maximum Gasteiger partial charge on any atom is 0.136 e. The Kier molecular flexibility index (Phi) is 7.47. The normalized spacial score (nSPS) is 14.1. The molecule has 0 aliphatic carbocycles. The van der Waals surface area contributed by atoms with Crippen molar-refractivity contribution < 1.29 is 4.79 Å². The molecule has 0 aliphatic rings. The summed E-state index contributed by atoms with van der Waals surface area (Å²) in [5, 5.41) is 0. The molecular weight excluding hydrogens is 232 g/mol. The highest BCUT2D eigenvalue weighted by Gasteiger charge is 2.22. The van der Waals surface area contributed by atoms with E-state index in [1.54, 1.807) is 0 Å². The Balaban J connectivity index is 2.52. The van der Waals surface area contributed by atoms with E-state index >= 15 is 0 Å². The van der Waals surface area contributed by atoms with Gasteiger partial charge in [-0.2, -0.15) is 0 Å². The minimum Gasteiger partial charge on any atom is -0.299 e. The first-order valence-electron chi connectivity index (χ1n) is 7.75. The number of rotatable bonds is 9. The molecule has 106 valence electrons. The molecule has 0 unspecified atom stereocenters. The van der Waals surface area contributed by atoms with E-state index in [-0.39, 0.29) is 5.92 Å². The lowest BCUT2D eigenvalue weighted by Crippen LogP contribution is -2.22. The summed E-state index contributed by atoms with van der Waals surface area (Å²) in [4.78, 5) is 12.2. The molecule has 0 saturated heterocycles. The number of hydrogen-bond donors (Lipinski definition) is 0. The van der Waals surface area contributed by atoms with Gasteiger partial charge in [0.15, 0.2) is 0 Å². The van der Waals surface area contributed by atoms with E-state index in [1.807, 2.05) is 0 Å². The van der Waals surface area contributed by atoms with Gasteiger partial charge in [0.2, 0.25) is 0 Å². The molecule has 2 atom stereocenters. The van der Waals surface area contributed by atoms with E-state index in [1.165, 1.54) is 5.56 Å². The van der Waals surface area contributed by atoms with Crippen molar-refractivity contribution in [2.24, 2.45) is 11.8 Å². The van der Waals surface area contributed by atoms with Crippen LogP contribution in [0.2, 0.25) is 0 Å². The van der Waals surface area contributed by atoms with Crippen molar-refractivity contribution in [1.82, 2.24) is 0 Å². The predicted octanol–water partition coefficient (Wildman–Crippen LogP) is 5.04. The average molecular weight is 260 g/mol. The van der Waals surface area contributed by atoms with Crippen LogP contribution < -0.4 is 0 Å². The van der Waals surface area contributed by atoms with Crippen LogP contribution in [0.25, 0.3) is 0 Å². The molecule has 0 spiro atoms. The van der Waals surface area contributed by atoms with Gasteiger partial charge in [0.25, 0.3) is 0 Å². The molecule has 0 aliphatic heterocycles. The standard InChI is InChI=1S/C18H28O/c1-4-9-17(18(19)10-5-2)15(3)13-14-16-11-7-6-8-12-16/h6-8,11-12,15,17H,4-5,9-10,13-14H2,1-3H3/t15-,17-/m1/s1. The second-order valence-electron chi connectivity index (χ2n) is 5.61. The Hall–Kier alpha value is -1.11. The van der Waals surface area contributed by atoms with E-state index < -0.39 is 0 Å². The summed E-state index contributed by atoms with van der Waals surface area (Å²) in [7, 11) is 0. The number of Topliss-reactive ketones (excluding diaryl/α,β-unsaturated/α-hetero) is 1. The number of hydrogen-bond acceptors (Lipinski definition) is 1. The van der Waals surface area contributed by atoms with Crippen LogP contribution in [0.4, 0.5) is 0 Å². The van der Waals surface area contributed by atoms with Gasteiger partial charge < -0.3 is 0 Å². The predicted molar refractivity (Wildman–Crippen MR) is 82.2 cm³/mol.